The Labute approximate surface area is 129 Å². The maximum atomic E-state index is 2.56. The van der Waals surface area contributed by atoms with Gasteiger partial charge >= 0.3 is 0 Å². The van der Waals surface area contributed by atoms with Gasteiger partial charge in [0.15, 0.2) is 0 Å². The quantitative estimate of drug-likeness (QED) is 0.378. The fraction of sp³-hybridized carbons (Fsp3) is 0.200. The van der Waals surface area contributed by atoms with Crippen LogP contribution >= 0.6 is 45.2 Å². The predicted molar refractivity (Wildman–Crippen MR) is 90.2 cm³/mol. The van der Waals surface area contributed by atoms with Crippen LogP contribution in [0.25, 0.3) is 11.1 Å². The van der Waals surface area contributed by atoms with Crippen LogP contribution in [-0.4, -0.2) is 0 Å². The van der Waals surface area contributed by atoms with E-state index < -0.39 is 0 Å². The van der Waals surface area contributed by atoms with Crippen molar-refractivity contribution in [1.29, 1.82) is 0 Å². The van der Waals surface area contributed by atoms with Crippen LogP contribution in [0.3, 0.4) is 0 Å². The topological polar surface area (TPSA) is 0 Å². The molecular formula is C15H12I2. The summed E-state index contributed by atoms with van der Waals surface area (Å²) in [6, 6.07) is 13.6. The van der Waals surface area contributed by atoms with E-state index in [-0.39, 0.29) is 1.43 Å². The molecule has 2 aromatic rings. The lowest BCUT2D eigenvalue weighted by Gasteiger charge is -2.16. The predicted octanol–water partition coefficient (Wildman–Crippen LogP) is 5.35. The maximum absolute atomic E-state index is 2.56. The van der Waals surface area contributed by atoms with Crippen LogP contribution < -0.4 is 0 Å². The van der Waals surface area contributed by atoms with E-state index in [1.807, 2.05) is 0 Å². The van der Waals surface area contributed by atoms with Gasteiger partial charge in [-0.05, 0) is 36.1 Å². The highest BCUT2D eigenvalue weighted by Crippen LogP contribution is 2.57. The molecule has 0 aliphatic heterocycles. The summed E-state index contributed by atoms with van der Waals surface area (Å²) in [4.78, 5) is 0. The van der Waals surface area contributed by atoms with E-state index in [0.717, 1.165) is 0 Å². The Hall–Kier alpha value is -0.1000. The highest BCUT2D eigenvalue weighted by Gasteiger charge is 2.38. The summed E-state index contributed by atoms with van der Waals surface area (Å²) >= 11 is 5.12. The number of benzene rings is 2. The number of hydrogen-bond donors (Lipinski definition) is 0. The third-order valence-electron chi connectivity index (χ3n) is 3.32. The number of rotatable bonds is 0. The molecule has 1 aliphatic carbocycles. The summed E-state index contributed by atoms with van der Waals surface area (Å²) < 4.78 is 0.0849. The van der Waals surface area contributed by atoms with Crippen LogP contribution in [0.1, 0.15) is 22.3 Å². The first kappa shape index (κ1) is 12.0. The second-order valence-electron chi connectivity index (χ2n) is 4.67. The van der Waals surface area contributed by atoms with Gasteiger partial charge in [-0.3, -0.25) is 0 Å². The second kappa shape index (κ2) is 3.95. The minimum atomic E-state index is 0.0849. The lowest BCUT2D eigenvalue weighted by atomic mass is 10.0. The Morgan fingerprint density at radius 2 is 1.18 bits per heavy atom. The normalized spacial score (nSPS) is 15.5. The van der Waals surface area contributed by atoms with Gasteiger partial charge in [0, 0.05) is 0 Å². The second-order valence-corrected chi connectivity index (χ2v) is 9.97. The molecule has 0 aromatic heterocycles. The van der Waals surface area contributed by atoms with Crippen molar-refractivity contribution in [3.8, 4) is 11.1 Å². The molecule has 0 spiro atoms. The molecule has 0 heterocycles. The molecular weight excluding hydrogens is 434 g/mol. The monoisotopic (exact) mass is 446 g/mol. The minimum Gasteiger partial charge on any atom is -0.0589 e. The largest absolute Gasteiger partial charge is 0.124 e. The number of alkyl halides is 2. The van der Waals surface area contributed by atoms with Crippen molar-refractivity contribution in [2.75, 3.05) is 0 Å². The molecule has 1 aliphatic rings. The number of fused-ring (bicyclic) bond motifs is 3. The smallest absolute Gasteiger partial charge is 0.0589 e. The summed E-state index contributed by atoms with van der Waals surface area (Å²) in [6.07, 6.45) is 0. The first-order valence-electron chi connectivity index (χ1n) is 5.60. The molecule has 0 fully saturated rings. The van der Waals surface area contributed by atoms with Gasteiger partial charge < -0.3 is 0 Å². The van der Waals surface area contributed by atoms with Crippen LogP contribution in [0.5, 0.6) is 0 Å². The van der Waals surface area contributed by atoms with Crippen LogP contribution in [-0.2, 0) is 1.43 Å². The molecule has 0 nitrogen and oxygen atoms in total. The SMILES string of the molecule is Cc1ccc2c(c1)-c1cc(C)ccc1C2(I)I. The molecule has 2 heteroatoms. The van der Waals surface area contributed by atoms with Gasteiger partial charge in [-0.15, -0.1) is 0 Å². The van der Waals surface area contributed by atoms with E-state index in [9.17, 15) is 0 Å². The Bertz CT molecular complexity index is 559. The Kier molecular flexibility index (Phi) is 2.78. The highest BCUT2D eigenvalue weighted by atomic mass is 127. The molecule has 0 saturated heterocycles. The molecule has 86 valence electrons. The Balaban J connectivity index is 2.39. The lowest BCUT2D eigenvalue weighted by Crippen LogP contribution is -2.05. The molecule has 0 unspecified atom stereocenters. The number of halogens is 2. The van der Waals surface area contributed by atoms with Crippen molar-refractivity contribution in [2.45, 2.75) is 15.3 Å². The summed E-state index contributed by atoms with van der Waals surface area (Å²) in [6.45, 7) is 4.33. The van der Waals surface area contributed by atoms with Gasteiger partial charge in [-0.1, -0.05) is 92.7 Å². The molecule has 0 radical (unpaired) electrons. The highest BCUT2D eigenvalue weighted by molar-refractivity contribution is 14.2. The van der Waals surface area contributed by atoms with Gasteiger partial charge in [0.2, 0.25) is 0 Å². The lowest BCUT2D eigenvalue weighted by molar-refractivity contribution is 1.22. The first-order valence-corrected chi connectivity index (χ1v) is 7.76. The first-order chi connectivity index (χ1) is 8.00. The van der Waals surface area contributed by atoms with Gasteiger partial charge in [0.1, 0.15) is 1.43 Å². The zero-order valence-electron chi connectivity index (χ0n) is 9.72. The third-order valence-corrected chi connectivity index (χ3v) is 5.64. The van der Waals surface area contributed by atoms with Crippen molar-refractivity contribution in [1.82, 2.24) is 0 Å². The van der Waals surface area contributed by atoms with Crippen molar-refractivity contribution in [3.05, 3.63) is 58.7 Å². The van der Waals surface area contributed by atoms with Crippen LogP contribution in [0, 0.1) is 13.8 Å². The van der Waals surface area contributed by atoms with Crippen molar-refractivity contribution < 1.29 is 0 Å². The molecule has 17 heavy (non-hydrogen) atoms. The average Bonchev–Trinajstić information content (AvgIpc) is 2.47. The zero-order chi connectivity index (χ0) is 12.2. The fourth-order valence-electron chi connectivity index (χ4n) is 2.45. The van der Waals surface area contributed by atoms with E-state index in [4.69, 9.17) is 0 Å². The molecule has 0 atom stereocenters. The van der Waals surface area contributed by atoms with Gasteiger partial charge in [0.25, 0.3) is 0 Å². The van der Waals surface area contributed by atoms with Crippen molar-refractivity contribution >= 4 is 45.2 Å². The summed E-state index contributed by atoms with van der Waals surface area (Å²) in [7, 11) is 0. The van der Waals surface area contributed by atoms with Crippen molar-refractivity contribution in [3.63, 3.8) is 0 Å². The van der Waals surface area contributed by atoms with Crippen LogP contribution in [0.2, 0.25) is 0 Å². The van der Waals surface area contributed by atoms with E-state index >= 15 is 0 Å². The minimum absolute atomic E-state index is 0.0849. The summed E-state index contributed by atoms with van der Waals surface area (Å²) in [5.74, 6) is 0. The van der Waals surface area contributed by atoms with E-state index in [0.29, 0.717) is 0 Å². The molecule has 0 N–H and O–H groups in total. The average molecular weight is 446 g/mol. The molecule has 0 amide bonds. The summed E-state index contributed by atoms with van der Waals surface area (Å²) in [5, 5.41) is 0. The van der Waals surface area contributed by atoms with E-state index in [1.165, 1.54) is 33.4 Å². The molecule has 3 rings (SSSR count). The van der Waals surface area contributed by atoms with Gasteiger partial charge in [0.05, 0.1) is 0 Å². The van der Waals surface area contributed by atoms with Gasteiger partial charge in [-0.25, -0.2) is 0 Å². The molecule has 0 bridgehead atoms. The molecule has 2 aromatic carbocycles. The standard InChI is InChI=1S/C15H12I2/c1-9-3-5-13-11(7-9)12-8-10(2)4-6-14(12)15(13,16)17/h3-8H,1-2H3. The Morgan fingerprint density at radius 1 is 0.765 bits per heavy atom. The van der Waals surface area contributed by atoms with E-state index in [2.05, 4.69) is 95.4 Å². The third kappa shape index (κ3) is 1.75. The van der Waals surface area contributed by atoms with E-state index in [1.54, 1.807) is 0 Å². The Morgan fingerprint density at radius 3 is 1.59 bits per heavy atom. The zero-order valence-corrected chi connectivity index (χ0v) is 14.0. The van der Waals surface area contributed by atoms with Crippen LogP contribution in [0.15, 0.2) is 36.4 Å². The van der Waals surface area contributed by atoms with Crippen LogP contribution in [0.4, 0.5) is 0 Å². The van der Waals surface area contributed by atoms with Crippen molar-refractivity contribution in [2.24, 2.45) is 0 Å². The number of aryl methyl sites for hydroxylation is 2. The fourth-order valence-corrected chi connectivity index (χ4v) is 4.34. The maximum Gasteiger partial charge on any atom is 0.124 e. The summed E-state index contributed by atoms with van der Waals surface area (Å²) in [5.41, 5.74) is 8.36. The van der Waals surface area contributed by atoms with Gasteiger partial charge in [-0.2, -0.15) is 0 Å². The number of hydrogen-bond acceptors (Lipinski definition) is 0. The molecule has 0 saturated carbocycles.